The van der Waals surface area contributed by atoms with Gasteiger partial charge in [0, 0.05) is 37.4 Å². The SMILES string of the molecule is COc1ccc(N2CCN(C(=O)COc3ccc(-c4nnco4)cc3)CC2)cc1. The molecule has 8 heteroatoms. The van der Waals surface area contributed by atoms with Crippen molar-refractivity contribution in [3.8, 4) is 23.0 Å². The summed E-state index contributed by atoms with van der Waals surface area (Å²) in [6.07, 6.45) is 1.28. The van der Waals surface area contributed by atoms with Crippen LogP contribution in [0.2, 0.25) is 0 Å². The number of hydrogen-bond acceptors (Lipinski definition) is 7. The Morgan fingerprint density at radius 2 is 1.69 bits per heavy atom. The molecule has 8 nitrogen and oxygen atoms in total. The third kappa shape index (κ3) is 4.48. The highest BCUT2D eigenvalue weighted by atomic mass is 16.5. The van der Waals surface area contributed by atoms with Gasteiger partial charge in [-0.3, -0.25) is 4.79 Å². The Morgan fingerprint density at radius 1 is 1.00 bits per heavy atom. The minimum Gasteiger partial charge on any atom is -0.497 e. The van der Waals surface area contributed by atoms with Crippen molar-refractivity contribution in [2.75, 3.05) is 44.8 Å². The largest absolute Gasteiger partial charge is 0.497 e. The third-order valence-corrected chi connectivity index (χ3v) is 4.89. The summed E-state index contributed by atoms with van der Waals surface area (Å²) in [6.45, 7) is 2.94. The van der Waals surface area contributed by atoms with Gasteiger partial charge in [0.2, 0.25) is 12.3 Å². The van der Waals surface area contributed by atoms with Crippen LogP contribution in [0.5, 0.6) is 11.5 Å². The van der Waals surface area contributed by atoms with Gasteiger partial charge in [0.1, 0.15) is 11.5 Å². The van der Waals surface area contributed by atoms with Crippen LogP contribution in [-0.4, -0.2) is 60.9 Å². The molecule has 0 aliphatic carbocycles. The molecule has 29 heavy (non-hydrogen) atoms. The molecule has 1 aliphatic rings. The molecule has 1 aromatic heterocycles. The van der Waals surface area contributed by atoms with Crippen LogP contribution >= 0.6 is 0 Å². The van der Waals surface area contributed by atoms with Gasteiger partial charge in [-0.2, -0.15) is 0 Å². The molecule has 0 atom stereocenters. The number of amides is 1. The van der Waals surface area contributed by atoms with Crippen molar-refractivity contribution in [3.63, 3.8) is 0 Å². The number of piperazine rings is 1. The first-order chi connectivity index (χ1) is 14.2. The van der Waals surface area contributed by atoms with Crippen molar-refractivity contribution in [1.29, 1.82) is 0 Å². The maximum Gasteiger partial charge on any atom is 0.260 e. The fraction of sp³-hybridized carbons (Fsp3) is 0.286. The smallest absolute Gasteiger partial charge is 0.260 e. The molecule has 0 unspecified atom stereocenters. The van der Waals surface area contributed by atoms with E-state index in [2.05, 4.69) is 15.1 Å². The molecule has 0 spiro atoms. The number of aromatic nitrogens is 2. The summed E-state index contributed by atoms with van der Waals surface area (Å²) in [5.74, 6) is 1.89. The second kappa shape index (κ2) is 8.64. The van der Waals surface area contributed by atoms with Crippen LogP contribution in [0.3, 0.4) is 0 Å². The number of carbonyl (C=O) groups is 1. The molecule has 0 bridgehead atoms. The molecule has 1 fully saturated rings. The third-order valence-electron chi connectivity index (χ3n) is 4.89. The van der Waals surface area contributed by atoms with Gasteiger partial charge in [-0.25, -0.2) is 0 Å². The van der Waals surface area contributed by atoms with E-state index in [1.807, 2.05) is 41.3 Å². The zero-order chi connectivity index (χ0) is 20.1. The van der Waals surface area contributed by atoms with Crippen molar-refractivity contribution < 1.29 is 18.7 Å². The van der Waals surface area contributed by atoms with Gasteiger partial charge < -0.3 is 23.7 Å². The lowest BCUT2D eigenvalue weighted by Crippen LogP contribution is -2.50. The van der Waals surface area contributed by atoms with Crippen molar-refractivity contribution in [3.05, 3.63) is 54.9 Å². The number of hydrogen-bond donors (Lipinski definition) is 0. The molecule has 0 N–H and O–H groups in total. The number of carbonyl (C=O) groups excluding carboxylic acids is 1. The monoisotopic (exact) mass is 394 g/mol. The van der Waals surface area contributed by atoms with Crippen LogP contribution in [0, 0.1) is 0 Å². The van der Waals surface area contributed by atoms with Crippen LogP contribution in [0.4, 0.5) is 5.69 Å². The van der Waals surface area contributed by atoms with Gasteiger partial charge in [-0.05, 0) is 48.5 Å². The molecule has 1 amide bonds. The summed E-state index contributed by atoms with van der Waals surface area (Å²) in [7, 11) is 1.66. The Labute approximate surface area is 168 Å². The summed E-state index contributed by atoms with van der Waals surface area (Å²) in [4.78, 5) is 16.6. The maximum atomic E-state index is 12.5. The highest BCUT2D eigenvalue weighted by Crippen LogP contribution is 2.22. The molecule has 4 rings (SSSR count). The number of methoxy groups -OCH3 is 1. The van der Waals surface area contributed by atoms with E-state index in [0.29, 0.717) is 24.7 Å². The second-order valence-electron chi connectivity index (χ2n) is 6.62. The highest BCUT2D eigenvalue weighted by molar-refractivity contribution is 5.78. The topological polar surface area (TPSA) is 80.9 Å². The molecule has 150 valence electrons. The summed E-state index contributed by atoms with van der Waals surface area (Å²) >= 11 is 0. The first-order valence-electron chi connectivity index (χ1n) is 9.39. The van der Waals surface area contributed by atoms with Crippen LogP contribution in [0.15, 0.2) is 59.3 Å². The van der Waals surface area contributed by atoms with E-state index < -0.39 is 0 Å². The first-order valence-corrected chi connectivity index (χ1v) is 9.39. The standard InChI is InChI=1S/C21H22N4O4/c1-27-18-8-4-17(5-9-18)24-10-12-25(13-11-24)20(26)14-28-19-6-2-16(3-7-19)21-23-22-15-29-21/h2-9,15H,10-14H2,1H3. The Kier molecular flexibility index (Phi) is 5.60. The fourth-order valence-electron chi connectivity index (χ4n) is 3.24. The second-order valence-corrected chi connectivity index (χ2v) is 6.62. The quantitative estimate of drug-likeness (QED) is 0.635. The van der Waals surface area contributed by atoms with Gasteiger partial charge in [-0.1, -0.05) is 0 Å². The van der Waals surface area contributed by atoms with Gasteiger partial charge in [-0.15, -0.1) is 10.2 Å². The number of nitrogens with zero attached hydrogens (tertiary/aromatic N) is 4. The number of ether oxygens (including phenoxy) is 2. The van der Waals surface area contributed by atoms with E-state index in [9.17, 15) is 4.79 Å². The molecule has 2 heterocycles. The molecule has 1 saturated heterocycles. The number of anilines is 1. The van der Waals surface area contributed by atoms with Crippen molar-refractivity contribution in [1.82, 2.24) is 15.1 Å². The minimum atomic E-state index is -0.0136. The molecule has 0 saturated carbocycles. The Bertz CT molecular complexity index is 918. The van der Waals surface area contributed by atoms with Gasteiger partial charge >= 0.3 is 0 Å². The lowest BCUT2D eigenvalue weighted by molar-refractivity contribution is -0.133. The van der Waals surface area contributed by atoms with E-state index >= 15 is 0 Å². The van der Waals surface area contributed by atoms with Crippen molar-refractivity contribution in [2.24, 2.45) is 0 Å². The number of rotatable bonds is 6. The van der Waals surface area contributed by atoms with Crippen LogP contribution in [-0.2, 0) is 4.79 Å². The zero-order valence-corrected chi connectivity index (χ0v) is 16.2. The average molecular weight is 394 g/mol. The molecular formula is C21H22N4O4. The Morgan fingerprint density at radius 3 is 2.31 bits per heavy atom. The highest BCUT2D eigenvalue weighted by Gasteiger charge is 2.21. The summed E-state index contributed by atoms with van der Waals surface area (Å²) in [5, 5.41) is 7.52. The van der Waals surface area contributed by atoms with E-state index in [1.54, 1.807) is 19.2 Å². The molecule has 3 aromatic rings. The van der Waals surface area contributed by atoms with E-state index in [-0.39, 0.29) is 12.5 Å². The summed E-state index contributed by atoms with van der Waals surface area (Å²) in [6, 6.07) is 15.2. The average Bonchev–Trinajstić information content (AvgIpc) is 3.33. The van der Waals surface area contributed by atoms with Crippen molar-refractivity contribution >= 4 is 11.6 Å². The Hall–Kier alpha value is -3.55. The van der Waals surface area contributed by atoms with Gasteiger partial charge in [0.05, 0.1) is 7.11 Å². The van der Waals surface area contributed by atoms with Crippen LogP contribution < -0.4 is 14.4 Å². The maximum absolute atomic E-state index is 12.5. The van der Waals surface area contributed by atoms with Gasteiger partial charge in [0.25, 0.3) is 5.91 Å². The lowest BCUT2D eigenvalue weighted by atomic mass is 10.2. The molecular weight excluding hydrogens is 372 g/mol. The lowest BCUT2D eigenvalue weighted by Gasteiger charge is -2.36. The summed E-state index contributed by atoms with van der Waals surface area (Å²) < 4.78 is 16.0. The first kappa shape index (κ1) is 18.8. The molecule has 2 aromatic carbocycles. The normalized spacial score (nSPS) is 14.0. The van der Waals surface area contributed by atoms with E-state index in [0.717, 1.165) is 30.1 Å². The predicted octanol–water partition coefficient (Wildman–Crippen LogP) is 2.47. The summed E-state index contributed by atoms with van der Waals surface area (Å²) in [5.41, 5.74) is 1.94. The molecule has 0 radical (unpaired) electrons. The van der Waals surface area contributed by atoms with E-state index in [1.165, 1.54) is 6.39 Å². The van der Waals surface area contributed by atoms with Crippen LogP contribution in [0.25, 0.3) is 11.5 Å². The minimum absolute atomic E-state index is 0.0136. The predicted molar refractivity (Wildman–Crippen MR) is 107 cm³/mol. The van der Waals surface area contributed by atoms with Gasteiger partial charge in [0.15, 0.2) is 6.61 Å². The van der Waals surface area contributed by atoms with E-state index in [4.69, 9.17) is 13.9 Å². The van der Waals surface area contributed by atoms with Crippen LogP contribution in [0.1, 0.15) is 0 Å². The zero-order valence-electron chi connectivity index (χ0n) is 16.2. The van der Waals surface area contributed by atoms with Crippen molar-refractivity contribution in [2.45, 2.75) is 0 Å². The molecule has 1 aliphatic heterocycles. The fourth-order valence-corrected chi connectivity index (χ4v) is 3.24. The number of benzene rings is 2. The Balaban J connectivity index is 1.25.